The van der Waals surface area contributed by atoms with E-state index in [4.69, 9.17) is 16.7 Å². The molecule has 0 aliphatic rings. The third kappa shape index (κ3) is 3.16. The van der Waals surface area contributed by atoms with Gasteiger partial charge in [-0.3, -0.25) is 4.90 Å². The molecule has 84 valence electrons. The molecular formula is C11H15ClFNO. The summed E-state index contributed by atoms with van der Waals surface area (Å²) in [7, 11) is 1.82. The fraction of sp³-hybridized carbons (Fsp3) is 0.455. The summed E-state index contributed by atoms with van der Waals surface area (Å²) in [6.45, 7) is 2.31. The van der Waals surface area contributed by atoms with Gasteiger partial charge in [-0.05, 0) is 26.1 Å². The van der Waals surface area contributed by atoms with Gasteiger partial charge in [0.05, 0.1) is 6.61 Å². The summed E-state index contributed by atoms with van der Waals surface area (Å²) in [5.74, 6) is -0.306. The Hall–Kier alpha value is -0.640. The Morgan fingerprint density at radius 3 is 2.73 bits per heavy atom. The quantitative estimate of drug-likeness (QED) is 0.860. The number of aliphatic hydroxyl groups is 1. The van der Waals surface area contributed by atoms with Gasteiger partial charge in [0.2, 0.25) is 0 Å². The largest absolute Gasteiger partial charge is 0.395 e. The van der Waals surface area contributed by atoms with E-state index >= 15 is 0 Å². The van der Waals surface area contributed by atoms with Crippen molar-refractivity contribution in [3.05, 3.63) is 34.6 Å². The summed E-state index contributed by atoms with van der Waals surface area (Å²) < 4.78 is 13.4. The first-order valence-corrected chi connectivity index (χ1v) is 5.18. The minimum Gasteiger partial charge on any atom is -0.395 e. The minimum absolute atomic E-state index is 0.0133. The van der Waals surface area contributed by atoms with Crippen molar-refractivity contribution < 1.29 is 9.50 Å². The van der Waals surface area contributed by atoms with Gasteiger partial charge >= 0.3 is 0 Å². The topological polar surface area (TPSA) is 23.5 Å². The van der Waals surface area contributed by atoms with Crippen LogP contribution in [-0.4, -0.2) is 29.7 Å². The number of rotatable bonds is 4. The molecular weight excluding hydrogens is 217 g/mol. The van der Waals surface area contributed by atoms with Gasteiger partial charge in [0.15, 0.2) is 0 Å². The van der Waals surface area contributed by atoms with Crippen molar-refractivity contribution in [1.82, 2.24) is 4.90 Å². The summed E-state index contributed by atoms with van der Waals surface area (Å²) in [5, 5.41) is 9.38. The fourth-order valence-corrected chi connectivity index (χ4v) is 1.45. The molecule has 1 aromatic carbocycles. The van der Waals surface area contributed by atoms with E-state index in [0.29, 0.717) is 17.1 Å². The zero-order valence-electron chi connectivity index (χ0n) is 8.87. The fourth-order valence-electron chi connectivity index (χ4n) is 1.23. The molecule has 15 heavy (non-hydrogen) atoms. The lowest BCUT2D eigenvalue weighted by atomic mass is 10.2. The first-order chi connectivity index (χ1) is 7.06. The van der Waals surface area contributed by atoms with Crippen molar-refractivity contribution >= 4 is 11.6 Å². The predicted octanol–water partition coefficient (Wildman–Crippen LogP) is 2.29. The average molecular weight is 232 g/mol. The van der Waals surface area contributed by atoms with Crippen LogP contribution in [0.1, 0.15) is 12.5 Å². The number of halogens is 2. The van der Waals surface area contributed by atoms with Crippen LogP contribution in [0.3, 0.4) is 0 Å². The van der Waals surface area contributed by atoms with E-state index in [1.54, 1.807) is 12.1 Å². The zero-order chi connectivity index (χ0) is 11.4. The summed E-state index contributed by atoms with van der Waals surface area (Å²) in [4.78, 5) is 1.85. The van der Waals surface area contributed by atoms with Crippen molar-refractivity contribution in [3.8, 4) is 0 Å². The molecule has 0 spiro atoms. The summed E-state index contributed by atoms with van der Waals surface area (Å²) in [5.41, 5.74) is 0.474. The van der Waals surface area contributed by atoms with Crippen LogP contribution in [-0.2, 0) is 6.54 Å². The summed E-state index contributed by atoms with van der Waals surface area (Å²) in [6.07, 6.45) is 0. The van der Waals surface area contributed by atoms with Gasteiger partial charge in [-0.15, -0.1) is 0 Å². The molecule has 0 saturated heterocycles. The maximum Gasteiger partial charge on any atom is 0.129 e. The summed E-state index contributed by atoms with van der Waals surface area (Å²) in [6, 6.07) is 4.62. The van der Waals surface area contributed by atoms with Crippen LogP contribution in [0.15, 0.2) is 18.2 Å². The van der Waals surface area contributed by atoms with E-state index < -0.39 is 0 Å². The smallest absolute Gasteiger partial charge is 0.129 e. The average Bonchev–Trinajstić information content (AvgIpc) is 2.22. The summed E-state index contributed by atoms with van der Waals surface area (Å²) >= 11 is 5.89. The Morgan fingerprint density at radius 1 is 1.53 bits per heavy atom. The highest BCUT2D eigenvalue weighted by atomic mass is 35.5. The number of nitrogens with zero attached hydrogens (tertiary/aromatic N) is 1. The molecule has 0 bridgehead atoms. The van der Waals surface area contributed by atoms with E-state index in [1.165, 1.54) is 6.07 Å². The molecule has 0 heterocycles. The third-order valence-electron chi connectivity index (χ3n) is 2.49. The minimum atomic E-state index is -0.306. The maximum atomic E-state index is 13.4. The number of likely N-dealkylation sites (N-methyl/N-ethyl adjacent to an activating group) is 1. The van der Waals surface area contributed by atoms with Gasteiger partial charge in [0.25, 0.3) is 0 Å². The molecule has 0 saturated carbocycles. The van der Waals surface area contributed by atoms with Crippen LogP contribution < -0.4 is 0 Å². The molecule has 1 rings (SSSR count). The molecule has 2 nitrogen and oxygen atoms in total. The second-order valence-electron chi connectivity index (χ2n) is 3.65. The molecule has 1 N–H and O–H groups in total. The first-order valence-electron chi connectivity index (χ1n) is 4.80. The standard InChI is InChI=1S/C11H15ClFNO/c1-8(7-15)14(2)6-9-10(12)4-3-5-11(9)13/h3-5,8,15H,6-7H2,1-2H3. The van der Waals surface area contributed by atoms with Crippen LogP contribution in [0.2, 0.25) is 5.02 Å². The lowest BCUT2D eigenvalue weighted by molar-refractivity contribution is 0.153. The Labute approximate surface area is 94.3 Å². The highest BCUT2D eigenvalue weighted by molar-refractivity contribution is 6.31. The van der Waals surface area contributed by atoms with Crippen LogP contribution in [0, 0.1) is 5.82 Å². The SMILES string of the molecule is CC(CO)N(C)Cc1c(F)cccc1Cl. The second-order valence-corrected chi connectivity index (χ2v) is 4.05. The molecule has 0 aliphatic carbocycles. The normalized spacial score (nSPS) is 13.2. The molecule has 1 atom stereocenters. The predicted molar refractivity (Wildman–Crippen MR) is 59.4 cm³/mol. The third-order valence-corrected chi connectivity index (χ3v) is 2.84. The number of hydrogen-bond acceptors (Lipinski definition) is 2. The van der Waals surface area contributed by atoms with Crippen molar-refractivity contribution in [2.45, 2.75) is 19.5 Å². The van der Waals surface area contributed by atoms with Crippen LogP contribution in [0.5, 0.6) is 0 Å². The van der Waals surface area contributed by atoms with Gasteiger partial charge in [-0.1, -0.05) is 17.7 Å². The maximum absolute atomic E-state index is 13.4. The molecule has 1 aromatic rings. The molecule has 0 aromatic heterocycles. The lowest BCUT2D eigenvalue weighted by Gasteiger charge is -2.23. The monoisotopic (exact) mass is 231 g/mol. The highest BCUT2D eigenvalue weighted by Crippen LogP contribution is 2.20. The van der Waals surface area contributed by atoms with Gasteiger partial charge in [0, 0.05) is 23.2 Å². The Morgan fingerprint density at radius 2 is 2.20 bits per heavy atom. The zero-order valence-corrected chi connectivity index (χ0v) is 9.63. The molecule has 0 amide bonds. The Balaban J connectivity index is 2.80. The molecule has 0 aliphatic heterocycles. The molecule has 4 heteroatoms. The van der Waals surface area contributed by atoms with Gasteiger partial charge < -0.3 is 5.11 Å². The van der Waals surface area contributed by atoms with Crippen LogP contribution >= 0.6 is 11.6 Å². The number of aliphatic hydroxyl groups excluding tert-OH is 1. The van der Waals surface area contributed by atoms with E-state index in [-0.39, 0.29) is 18.5 Å². The van der Waals surface area contributed by atoms with Gasteiger partial charge in [-0.2, -0.15) is 0 Å². The van der Waals surface area contributed by atoms with Crippen molar-refractivity contribution in [2.75, 3.05) is 13.7 Å². The van der Waals surface area contributed by atoms with Crippen LogP contribution in [0.25, 0.3) is 0 Å². The van der Waals surface area contributed by atoms with E-state index in [2.05, 4.69) is 0 Å². The van der Waals surface area contributed by atoms with E-state index in [1.807, 2.05) is 18.9 Å². The number of hydrogen-bond donors (Lipinski definition) is 1. The van der Waals surface area contributed by atoms with Crippen molar-refractivity contribution in [1.29, 1.82) is 0 Å². The van der Waals surface area contributed by atoms with E-state index in [9.17, 15) is 4.39 Å². The molecule has 0 fully saturated rings. The van der Waals surface area contributed by atoms with E-state index in [0.717, 1.165) is 0 Å². The van der Waals surface area contributed by atoms with Crippen LogP contribution in [0.4, 0.5) is 4.39 Å². The molecule has 1 unspecified atom stereocenters. The van der Waals surface area contributed by atoms with Gasteiger partial charge in [0.1, 0.15) is 5.82 Å². The van der Waals surface area contributed by atoms with Crippen molar-refractivity contribution in [2.24, 2.45) is 0 Å². The highest BCUT2D eigenvalue weighted by Gasteiger charge is 2.13. The lowest BCUT2D eigenvalue weighted by Crippen LogP contribution is -2.31. The Kier molecular flexibility index (Phi) is 4.51. The molecule has 0 radical (unpaired) electrons. The van der Waals surface area contributed by atoms with Gasteiger partial charge in [-0.25, -0.2) is 4.39 Å². The Bertz CT molecular complexity index is 312. The number of benzene rings is 1. The van der Waals surface area contributed by atoms with Crippen molar-refractivity contribution in [3.63, 3.8) is 0 Å². The second kappa shape index (κ2) is 5.45. The first kappa shape index (κ1) is 12.4.